The van der Waals surface area contributed by atoms with Gasteiger partial charge in [0.25, 0.3) is 5.91 Å². The molecule has 1 amide bonds. The average molecular weight is 426 g/mol. The number of ether oxygens (including phenoxy) is 2. The van der Waals surface area contributed by atoms with Crippen LogP contribution in [0.5, 0.6) is 11.5 Å². The second-order valence-corrected chi connectivity index (χ2v) is 7.42. The molecule has 156 valence electrons. The van der Waals surface area contributed by atoms with Gasteiger partial charge < -0.3 is 19.9 Å². The van der Waals surface area contributed by atoms with Crippen molar-refractivity contribution in [2.24, 2.45) is 0 Å². The molecule has 1 atom stereocenters. The fraction of sp³-hybridized carbons (Fsp3) is 0.227. The molecule has 1 unspecified atom stereocenters. The minimum Gasteiger partial charge on any atom is -0.493 e. The molecular weight excluding hydrogens is 404 g/mol. The number of carboxylic acids is 1. The number of methoxy groups -OCH3 is 2. The van der Waals surface area contributed by atoms with Crippen molar-refractivity contribution in [3.8, 4) is 22.1 Å². The Morgan fingerprint density at radius 3 is 2.57 bits per heavy atom. The van der Waals surface area contributed by atoms with E-state index in [0.717, 1.165) is 16.1 Å². The number of aryl methyl sites for hydroxylation is 1. The van der Waals surface area contributed by atoms with E-state index in [1.807, 2.05) is 31.2 Å². The molecule has 2 N–H and O–H groups in total. The summed E-state index contributed by atoms with van der Waals surface area (Å²) in [5.41, 5.74) is 2.76. The van der Waals surface area contributed by atoms with E-state index >= 15 is 0 Å². The Bertz CT molecular complexity index is 1060. The summed E-state index contributed by atoms with van der Waals surface area (Å²) >= 11 is 1.36. The number of hydrogen-bond acceptors (Lipinski definition) is 6. The van der Waals surface area contributed by atoms with E-state index in [1.54, 1.807) is 23.6 Å². The van der Waals surface area contributed by atoms with Gasteiger partial charge in [-0.1, -0.05) is 36.4 Å². The maximum atomic E-state index is 12.9. The first-order valence-corrected chi connectivity index (χ1v) is 10.1. The number of benzene rings is 2. The van der Waals surface area contributed by atoms with E-state index in [2.05, 4.69) is 10.3 Å². The molecule has 8 heteroatoms. The van der Waals surface area contributed by atoms with E-state index in [4.69, 9.17) is 9.47 Å². The van der Waals surface area contributed by atoms with Gasteiger partial charge in [-0.3, -0.25) is 9.59 Å². The number of aromatic nitrogens is 1. The quantitative estimate of drug-likeness (QED) is 0.563. The van der Waals surface area contributed by atoms with Crippen LogP contribution in [-0.4, -0.2) is 36.2 Å². The highest BCUT2D eigenvalue weighted by Crippen LogP contribution is 2.36. The highest BCUT2D eigenvalue weighted by Gasteiger charge is 2.25. The van der Waals surface area contributed by atoms with Crippen LogP contribution in [0.2, 0.25) is 0 Å². The molecule has 3 aromatic rings. The van der Waals surface area contributed by atoms with Crippen LogP contribution < -0.4 is 14.8 Å². The highest BCUT2D eigenvalue weighted by molar-refractivity contribution is 7.13. The Morgan fingerprint density at radius 1 is 1.13 bits per heavy atom. The molecule has 7 nitrogen and oxygen atoms in total. The summed E-state index contributed by atoms with van der Waals surface area (Å²) in [5.74, 6) is -0.674. The van der Waals surface area contributed by atoms with E-state index in [1.165, 1.54) is 25.6 Å². The zero-order valence-electron chi connectivity index (χ0n) is 16.8. The van der Waals surface area contributed by atoms with Crippen LogP contribution in [0, 0.1) is 6.92 Å². The van der Waals surface area contributed by atoms with Crippen LogP contribution in [0.25, 0.3) is 10.6 Å². The number of para-hydroxylation sites is 1. The fourth-order valence-electron chi connectivity index (χ4n) is 3.15. The van der Waals surface area contributed by atoms with Gasteiger partial charge in [0.1, 0.15) is 10.7 Å². The van der Waals surface area contributed by atoms with Gasteiger partial charge in [0.2, 0.25) is 0 Å². The van der Waals surface area contributed by atoms with Gasteiger partial charge in [0, 0.05) is 16.5 Å². The zero-order chi connectivity index (χ0) is 21.7. The van der Waals surface area contributed by atoms with Crippen LogP contribution in [-0.2, 0) is 4.79 Å². The lowest BCUT2D eigenvalue weighted by molar-refractivity contribution is -0.137. The number of nitrogens with zero attached hydrogens (tertiary/aromatic N) is 1. The minimum absolute atomic E-state index is 0.232. The number of nitrogens with one attached hydrogen (secondary N) is 1. The Kier molecular flexibility index (Phi) is 6.68. The summed E-state index contributed by atoms with van der Waals surface area (Å²) in [7, 11) is 2.96. The Hall–Kier alpha value is -3.39. The molecule has 0 aliphatic heterocycles. The van der Waals surface area contributed by atoms with E-state index in [0.29, 0.717) is 17.1 Å². The van der Waals surface area contributed by atoms with Gasteiger partial charge in [0.05, 0.1) is 26.7 Å². The van der Waals surface area contributed by atoms with Gasteiger partial charge in [0.15, 0.2) is 11.5 Å². The van der Waals surface area contributed by atoms with Gasteiger partial charge in [-0.2, -0.15) is 0 Å². The van der Waals surface area contributed by atoms with Crippen molar-refractivity contribution >= 4 is 23.2 Å². The van der Waals surface area contributed by atoms with Crippen molar-refractivity contribution in [3.63, 3.8) is 0 Å². The maximum Gasteiger partial charge on any atom is 0.305 e. The number of carbonyl (C=O) groups is 2. The highest BCUT2D eigenvalue weighted by atomic mass is 32.1. The number of carbonyl (C=O) groups excluding carboxylic acids is 1. The third-order valence-corrected chi connectivity index (χ3v) is 5.48. The molecule has 0 spiro atoms. The molecule has 0 saturated carbocycles. The average Bonchev–Trinajstić information content (AvgIpc) is 3.22. The molecular formula is C22H22N2O5S. The Balaban J connectivity index is 1.89. The molecule has 0 fully saturated rings. The molecule has 3 rings (SSSR count). The summed E-state index contributed by atoms with van der Waals surface area (Å²) in [6.07, 6.45) is -0.315. The SMILES string of the molecule is COc1cccc(C(CC(=O)O)NC(=O)c2csc(-c3ccccc3C)n2)c1OC. The van der Waals surface area contributed by atoms with Crippen molar-refractivity contribution in [2.45, 2.75) is 19.4 Å². The first-order valence-electron chi connectivity index (χ1n) is 9.19. The summed E-state index contributed by atoms with van der Waals surface area (Å²) in [5, 5.41) is 14.5. The lowest BCUT2D eigenvalue weighted by Gasteiger charge is -2.21. The molecule has 0 saturated heterocycles. The second kappa shape index (κ2) is 9.41. The zero-order valence-corrected chi connectivity index (χ0v) is 17.7. The number of amides is 1. The van der Waals surface area contributed by atoms with Crippen LogP contribution in [0.4, 0.5) is 0 Å². The smallest absolute Gasteiger partial charge is 0.305 e. The van der Waals surface area contributed by atoms with Crippen molar-refractivity contribution < 1.29 is 24.2 Å². The van der Waals surface area contributed by atoms with Gasteiger partial charge >= 0.3 is 5.97 Å². The first-order chi connectivity index (χ1) is 14.4. The number of aliphatic carboxylic acids is 1. The Morgan fingerprint density at radius 2 is 1.90 bits per heavy atom. The fourth-order valence-corrected chi connectivity index (χ4v) is 4.04. The predicted molar refractivity (Wildman–Crippen MR) is 114 cm³/mol. The van der Waals surface area contributed by atoms with Crippen molar-refractivity contribution in [1.29, 1.82) is 0 Å². The lowest BCUT2D eigenvalue weighted by Crippen LogP contribution is -2.30. The van der Waals surface area contributed by atoms with Crippen LogP contribution in [0.3, 0.4) is 0 Å². The first kappa shape index (κ1) is 21.3. The van der Waals surface area contributed by atoms with Gasteiger partial charge in [-0.15, -0.1) is 11.3 Å². The molecule has 0 radical (unpaired) electrons. The number of hydrogen-bond donors (Lipinski definition) is 2. The van der Waals surface area contributed by atoms with E-state index in [-0.39, 0.29) is 12.1 Å². The molecule has 2 aromatic carbocycles. The van der Waals surface area contributed by atoms with E-state index in [9.17, 15) is 14.7 Å². The van der Waals surface area contributed by atoms with Crippen LogP contribution in [0.15, 0.2) is 47.8 Å². The monoisotopic (exact) mass is 426 g/mol. The lowest BCUT2D eigenvalue weighted by atomic mass is 10.0. The molecule has 0 aliphatic carbocycles. The van der Waals surface area contributed by atoms with Gasteiger partial charge in [-0.25, -0.2) is 4.98 Å². The molecule has 1 heterocycles. The van der Waals surface area contributed by atoms with Crippen molar-refractivity contribution in [2.75, 3.05) is 14.2 Å². The molecule has 0 bridgehead atoms. The third kappa shape index (κ3) is 4.60. The molecule has 0 aliphatic rings. The summed E-state index contributed by atoms with van der Waals surface area (Å²) in [4.78, 5) is 28.8. The third-order valence-electron chi connectivity index (χ3n) is 4.61. The maximum absolute atomic E-state index is 12.9. The summed E-state index contributed by atoms with van der Waals surface area (Å²) in [6.45, 7) is 1.98. The molecule has 30 heavy (non-hydrogen) atoms. The van der Waals surface area contributed by atoms with Gasteiger partial charge in [-0.05, 0) is 18.6 Å². The van der Waals surface area contributed by atoms with E-state index < -0.39 is 17.9 Å². The predicted octanol–water partition coefficient (Wildman–Crippen LogP) is 4.08. The normalized spacial score (nSPS) is 11.6. The van der Waals surface area contributed by atoms with Crippen molar-refractivity contribution in [3.05, 3.63) is 64.7 Å². The summed E-state index contributed by atoms with van der Waals surface area (Å²) in [6, 6.07) is 12.1. The van der Waals surface area contributed by atoms with Crippen molar-refractivity contribution in [1.82, 2.24) is 10.3 Å². The Labute approximate surface area is 178 Å². The summed E-state index contributed by atoms with van der Waals surface area (Å²) < 4.78 is 10.7. The molecule has 1 aromatic heterocycles. The van der Waals surface area contributed by atoms with Crippen LogP contribution >= 0.6 is 11.3 Å². The second-order valence-electron chi connectivity index (χ2n) is 6.56. The standard InChI is InChI=1S/C22H22N2O5S/c1-13-7-4-5-8-14(13)22-24-17(12-30-22)21(27)23-16(11-19(25)26)15-9-6-10-18(28-2)20(15)29-3/h4-10,12,16H,11H2,1-3H3,(H,23,27)(H,25,26). The topological polar surface area (TPSA) is 97.8 Å². The minimum atomic E-state index is -1.05. The van der Waals surface area contributed by atoms with Crippen LogP contribution in [0.1, 0.15) is 34.1 Å². The number of thiazole rings is 1. The number of rotatable bonds is 8. The largest absolute Gasteiger partial charge is 0.493 e. The number of carboxylic acid groups (broad SMARTS) is 1.